The Labute approximate surface area is 275 Å². The zero-order valence-corrected chi connectivity index (χ0v) is 27.0. The molecule has 0 aliphatic rings. The molecule has 0 spiro atoms. The zero-order valence-electron chi connectivity index (χ0n) is 25.4. The Hall–Kier alpha value is -4.62. The van der Waals surface area contributed by atoms with Crippen LogP contribution in [0.5, 0.6) is 0 Å². The number of nitrogens with two attached hydrogens (primary N) is 2. The second-order valence-corrected chi connectivity index (χ2v) is 12.7. The third-order valence-corrected chi connectivity index (χ3v) is 9.81. The van der Waals surface area contributed by atoms with Gasteiger partial charge in [0.2, 0.25) is 12.5 Å². The second-order valence-electron chi connectivity index (χ2n) is 10.8. The van der Waals surface area contributed by atoms with Gasteiger partial charge in [-0.25, -0.2) is 9.59 Å². The molecular formula is C34H36N4O6S2. The van der Waals surface area contributed by atoms with Crippen molar-refractivity contribution in [3.63, 3.8) is 0 Å². The summed E-state index contributed by atoms with van der Waals surface area (Å²) in [6.45, 7) is 4.39. The van der Waals surface area contributed by atoms with E-state index in [4.69, 9.17) is 20.9 Å². The summed E-state index contributed by atoms with van der Waals surface area (Å²) in [6.07, 6.45) is -1.79. The van der Waals surface area contributed by atoms with Crippen molar-refractivity contribution in [2.45, 2.75) is 37.1 Å². The van der Waals surface area contributed by atoms with Crippen molar-refractivity contribution in [3.8, 4) is 0 Å². The smallest absolute Gasteiger partial charge is 0.333 e. The maximum absolute atomic E-state index is 12.7. The van der Waals surface area contributed by atoms with Crippen LogP contribution in [0.1, 0.15) is 34.7 Å². The van der Waals surface area contributed by atoms with E-state index in [0.717, 1.165) is 33.0 Å². The van der Waals surface area contributed by atoms with Crippen LogP contribution in [0.15, 0.2) is 108 Å². The summed E-state index contributed by atoms with van der Waals surface area (Å²) in [5.41, 5.74) is 12.5. The fourth-order valence-corrected chi connectivity index (χ4v) is 6.58. The van der Waals surface area contributed by atoms with Crippen molar-refractivity contribution < 1.29 is 28.7 Å². The van der Waals surface area contributed by atoms with Crippen LogP contribution in [0.25, 0.3) is 0 Å². The van der Waals surface area contributed by atoms with Crippen LogP contribution >= 0.6 is 22.7 Å². The topological polar surface area (TPSA) is 163 Å². The Kier molecular flexibility index (Phi) is 11.6. The number of hydrogen-bond donors (Lipinski definition) is 4. The third-order valence-electron chi connectivity index (χ3n) is 7.54. The maximum Gasteiger partial charge on any atom is 0.333 e. The van der Waals surface area contributed by atoms with Crippen LogP contribution < -0.4 is 22.1 Å². The largest absolute Gasteiger partial charge is 0.434 e. The number of esters is 2. The van der Waals surface area contributed by atoms with Gasteiger partial charge in [-0.2, -0.15) is 0 Å². The van der Waals surface area contributed by atoms with Crippen molar-refractivity contribution in [1.29, 1.82) is 0 Å². The van der Waals surface area contributed by atoms with Crippen molar-refractivity contribution in [1.82, 2.24) is 10.6 Å². The van der Waals surface area contributed by atoms with Crippen molar-refractivity contribution in [3.05, 3.63) is 129 Å². The molecule has 0 fully saturated rings. The summed E-state index contributed by atoms with van der Waals surface area (Å²) in [4.78, 5) is 52.0. The highest BCUT2D eigenvalue weighted by molar-refractivity contribution is 7.10. The third kappa shape index (κ3) is 8.55. The highest BCUT2D eigenvalue weighted by Crippen LogP contribution is 2.35. The molecule has 4 aromatic rings. The van der Waals surface area contributed by atoms with E-state index in [1.54, 1.807) is 22.7 Å². The molecule has 0 saturated heterocycles. The molecule has 2 aromatic heterocycles. The number of carbonyl (C=O) groups is 4. The lowest BCUT2D eigenvalue weighted by molar-refractivity contribution is -0.152. The van der Waals surface area contributed by atoms with Crippen LogP contribution in [-0.4, -0.2) is 49.3 Å². The zero-order chi connectivity index (χ0) is 33.2. The quantitative estimate of drug-likeness (QED) is 0.0907. The summed E-state index contributed by atoms with van der Waals surface area (Å²) in [6, 6.07) is 27.2. The predicted octanol–water partition coefficient (Wildman–Crippen LogP) is 3.57. The number of ether oxygens (including phenoxy) is 2. The lowest BCUT2D eigenvalue weighted by Gasteiger charge is -2.30. The van der Waals surface area contributed by atoms with E-state index in [9.17, 15) is 19.2 Å². The van der Waals surface area contributed by atoms with Gasteiger partial charge in [-0.1, -0.05) is 72.8 Å². The van der Waals surface area contributed by atoms with Crippen molar-refractivity contribution in [2.24, 2.45) is 11.5 Å². The van der Waals surface area contributed by atoms with Crippen LogP contribution in [0.2, 0.25) is 0 Å². The first-order valence-corrected chi connectivity index (χ1v) is 16.1. The van der Waals surface area contributed by atoms with Gasteiger partial charge in [-0.05, 0) is 47.9 Å². The highest BCUT2D eigenvalue weighted by atomic mass is 32.1. The minimum Gasteiger partial charge on any atom is -0.434 e. The Balaban J connectivity index is 1.26. The molecule has 4 unspecified atom stereocenters. The average Bonchev–Trinajstić information content (AvgIpc) is 3.82. The molecule has 0 aliphatic heterocycles. The number of thiophene rings is 2. The monoisotopic (exact) mass is 660 g/mol. The average molecular weight is 661 g/mol. The Morgan fingerprint density at radius 2 is 1.02 bits per heavy atom. The van der Waals surface area contributed by atoms with Gasteiger partial charge in [0.15, 0.2) is 0 Å². The molecule has 0 radical (unpaired) electrons. The normalized spacial score (nSPS) is 15.1. The lowest BCUT2D eigenvalue weighted by Crippen LogP contribution is -2.48. The first-order valence-electron chi connectivity index (χ1n) is 14.4. The molecule has 2 heterocycles. The van der Waals surface area contributed by atoms with Gasteiger partial charge in [-0.3, -0.25) is 21.1 Å². The summed E-state index contributed by atoms with van der Waals surface area (Å²) in [5, 5.41) is 9.41. The van der Waals surface area contributed by atoms with E-state index < -0.39 is 47.0 Å². The maximum atomic E-state index is 12.7. The second kappa shape index (κ2) is 15.6. The van der Waals surface area contributed by atoms with E-state index in [1.807, 2.05) is 110 Å². The van der Waals surface area contributed by atoms with Gasteiger partial charge < -0.3 is 20.1 Å². The minimum absolute atomic E-state index is 0.196. The first kappa shape index (κ1) is 34.3. The molecule has 4 atom stereocenters. The lowest BCUT2D eigenvalue weighted by atomic mass is 9.81. The van der Waals surface area contributed by atoms with E-state index in [0.29, 0.717) is 0 Å². The highest BCUT2D eigenvalue weighted by Gasteiger charge is 2.33. The van der Waals surface area contributed by atoms with E-state index >= 15 is 0 Å². The van der Waals surface area contributed by atoms with Crippen molar-refractivity contribution >= 4 is 46.4 Å². The fourth-order valence-electron chi connectivity index (χ4n) is 4.76. The van der Waals surface area contributed by atoms with Crippen LogP contribution in [0.4, 0.5) is 0 Å². The first-order chi connectivity index (χ1) is 22.0. The number of hydrogen-bond acceptors (Lipinski definition) is 10. The number of rotatable bonds is 14. The van der Waals surface area contributed by atoms with Gasteiger partial charge >= 0.3 is 11.9 Å². The Morgan fingerprint density at radius 3 is 1.35 bits per heavy atom. The number of carbonyl (C=O) groups excluding carboxylic acids is 4. The molecular weight excluding hydrogens is 625 g/mol. The molecule has 0 bridgehead atoms. The molecule has 0 saturated carbocycles. The molecule has 10 nitrogen and oxygen atoms in total. The Morgan fingerprint density at radius 1 is 0.652 bits per heavy atom. The van der Waals surface area contributed by atoms with Gasteiger partial charge in [0.25, 0.3) is 11.8 Å². The molecule has 6 N–H and O–H groups in total. The van der Waals surface area contributed by atoms with E-state index in [2.05, 4.69) is 10.6 Å². The molecule has 12 heteroatoms. The van der Waals surface area contributed by atoms with Crippen LogP contribution in [0.3, 0.4) is 0 Å². The number of amides is 2. The van der Waals surface area contributed by atoms with Gasteiger partial charge in [0, 0.05) is 45.8 Å². The number of nitrogens with one attached hydrogen (secondary N) is 2. The standard InChI is InChI=1S/C34H36N4O6S2/c1-33(25-15-9-19-45-25,23-11-5-3-6-12-23)21-37-31(41)29(35)43-27(39)17-18-28(40)44-30(36)32(42)38-22-34(2,26-16-10-20-46-26)24-13-7-4-8-14-24/h3-20,29-30H,21-22,35-36H2,1-2H3,(H,37,41)(H,38,42)/b18-17-. The molecule has 46 heavy (non-hydrogen) atoms. The van der Waals surface area contributed by atoms with Gasteiger partial charge in [-0.15, -0.1) is 22.7 Å². The number of benzene rings is 2. The minimum atomic E-state index is -1.63. The summed E-state index contributed by atoms with van der Waals surface area (Å²) >= 11 is 3.12. The molecule has 240 valence electrons. The van der Waals surface area contributed by atoms with Crippen LogP contribution in [0, 0.1) is 0 Å². The van der Waals surface area contributed by atoms with Crippen molar-refractivity contribution in [2.75, 3.05) is 13.1 Å². The summed E-state index contributed by atoms with van der Waals surface area (Å²) in [7, 11) is 0. The Bertz CT molecular complexity index is 1510. The fraction of sp³-hybridized carbons (Fsp3) is 0.235. The SMILES string of the molecule is CC(CNC(=O)C(N)OC(=O)/C=C\C(=O)OC(N)C(=O)NCC(C)(c1ccccc1)c1cccs1)(c1ccccc1)c1cccs1. The molecule has 2 amide bonds. The van der Waals surface area contributed by atoms with Crippen LogP contribution in [-0.2, 0) is 39.5 Å². The van der Waals surface area contributed by atoms with Gasteiger partial charge in [0.1, 0.15) is 0 Å². The van der Waals surface area contributed by atoms with Gasteiger partial charge in [0.05, 0.1) is 0 Å². The molecule has 4 rings (SSSR count). The predicted molar refractivity (Wildman–Crippen MR) is 178 cm³/mol. The summed E-state index contributed by atoms with van der Waals surface area (Å²) in [5.74, 6) is -3.55. The molecule has 0 aliphatic carbocycles. The summed E-state index contributed by atoms with van der Waals surface area (Å²) < 4.78 is 9.91. The van der Waals surface area contributed by atoms with E-state index in [-0.39, 0.29) is 13.1 Å². The van der Waals surface area contributed by atoms with E-state index in [1.165, 1.54) is 0 Å². The molecule has 2 aromatic carbocycles.